The van der Waals surface area contributed by atoms with Gasteiger partial charge in [-0.3, -0.25) is 0 Å². The molecule has 0 radical (unpaired) electrons. The fourth-order valence-electron chi connectivity index (χ4n) is 4.38. The Kier molecular flexibility index (Phi) is 18.3. The number of hydrogen-bond acceptors (Lipinski definition) is 1. The molecule has 0 aromatic rings. The molecule has 2 heteroatoms. The maximum atomic E-state index is 10.9. The van der Waals surface area contributed by atoms with Crippen LogP contribution in [0, 0.1) is 0 Å². The van der Waals surface area contributed by atoms with Crippen LogP contribution < -0.4 is 0 Å². The van der Waals surface area contributed by atoms with E-state index in [1.54, 1.807) is 0 Å². The summed E-state index contributed by atoms with van der Waals surface area (Å²) >= 11 is 0. The van der Waals surface area contributed by atoms with E-state index in [-0.39, 0.29) is 0 Å². The molecule has 0 aromatic heterocycles. The largest absolute Gasteiger partial charge is 0.431 e. The van der Waals surface area contributed by atoms with Gasteiger partial charge in [-0.25, -0.2) is 0 Å². The van der Waals surface area contributed by atoms with Gasteiger partial charge < -0.3 is 4.80 Å². The molecule has 1 nitrogen and oxygen atoms in total. The van der Waals surface area contributed by atoms with Crippen molar-refractivity contribution in [2.45, 2.75) is 161 Å². The van der Waals surface area contributed by atoms with Crippen LogP contribution in [0.15, 0.2) is 0 Å². The zero-order valence-electron chi connectivity index (χ0n) is 19.8. The first kappa shape index (κ1) is 27.2. The first-order valence-corrected chi connectivity index (χ1v) is 15.0. The lowest BCUT2D eigenvalue weighted by atomic mass is 10.0. The molecule has 0 aliphatic rings. The highest BCUT2D eigenvalue weighted by molar-refractivity contribution is 6.75. The van der Waals surface area contributed by atoms with Crippen molar-refractivity contribution >= 4 is 8.32 Å². The van der Waals surface area contributed by atoms with Gasteiger partial charge in [-0.2, -0.15) is 0 Å². The summed E-state index contributed by atoms with van der Waals surface area (Å²) in [6.07, 6.45) is 24.2. The van der Waals surface area contributed by atoms with E-state index in [0.29, 0.717) is 11.1 Å². The van der Waals surface area contributed by atoms with E-state index in [9.17, 15) is 4.80 Å². The molecule has 164 valence electrons. The Bertz CT molecular complexity index is 293. The second-order valence-corrected chi connectivity index (χ2v) is 14.5. The third kappa shape index (κ3) is 14.8. The van der Waals surface area contributed by atoms with Crippen molar-refractivity contribution in [3.63, 3.8) is 0 Å². The fraction of sp³-hybridized carbons (Fsp3) is 1.00. The Morgan fingerprint density at radius 2 is 0.741 bits per heavy atom. The molecule has 0 bridgehead atoms. The Balaban J connectivity index is 3.30. The van der Waals surface area contributed by atoms with E-state index >= 15 is 0 Å². The Labute approximate surface area is 174 Å². The third-order valence-electron chi connectivity index (χ3n) is 6.68. The molecule has 0 aromatic carbocycles. The lowest BCUT2D eigenvalue weighted by Crippen LogP contribution is -2.41. The van der Waals surface area contributed by atoms with Crippen LogP contribution in [-0.2, 0) is 0 Å². The van der Waals surface area contributed by atoms with Crippen LogP contribution in [0.25, 0.3) is 0 Å². The van der Waals surface area contributed by atoms with Crippen molar-refractivity contribution in [1.29, 1.82) is 0 Å². The lowest BCUT2D eigenvalue weighted by Gasteiger charge is -2.33. The van der Waals surface area contributed by atoms with Crippen molar-refractivity contribution in [3.8, 4) is 0 Å². The summed E-state index contributed by atoms with van der Waals surface area (Å²) in [7, 11) is -2.01. The van der Waals surface area contributed by atoms with Gasteiger partial charge in [0.2, 0.25) is 0 Å². The highest BCUT2D eigenvalue weighted by atomic mass is 28.4. The van der Waals surface area contributed by atoms with Crippen LogP contribution in [0.4, 0.5) is 0 Å². The quantitative estimate of drug-likeness (QED) is 0.160. The van der Waals surface area contributed by atoms with Crippen molar-refractivity contribution in [3.05, 3.63) is 0 Å². The summed E-state index contributed by atoms with van der Waals surface area (Å²) in [5.74, 6) is 0. The topological polar surface area (TPSA) is 20.2 Å². The van der Waals surface area contributed by atoms with Crippen molar-refractivity contribution in [1.82, 2.24) is 0 Å². The minimum Gasteiger partial charge on any atom is -0.431 e. The number of hydrogen-bond donors (Lipinski definition) is 1. The zero-order chi connectivity index (χ0) is 20.4. The van der Waals surface area contributed by atoms with Crippen LogP contribution in [0.1, 0.15) is 144 Å². The minimum atomic E-state index is -2.01. The average molecular weight is 399 g/mol. The standard InChI is InChI=1S/C25H54OSi/c1-6-7-8-9-10-11-12-13-14-15-16-17-18-19-20-21-22-23-27(26,24(2)3)25(4)5/h24-26H,6-23H2,1-5H3. The average Bonchev–Trinajstić information content (AvgIpc) is 2.63. The highest BCUT2D eigenvalue weighted by Gasteiger charge is 2.37. The number of unbranched alkanes of at least 4 members (excludes halogenated alkanes) is 16. The monoisotopic (exact) mass is 398 g/mol. The summed E-state index contributed by atoms with van der Waals surface area (Å²) in [4.78, 5) is 10.9. The second-order valence-electron chi connectivity index (χ2n) is 9.71. The van der Waals surface area contributed by atoms with E-state index in [0.717, 1.165) is 6.04 Å². The summed E-state index contributed by atoms with van der Waals surface area (Å²) < 4.78 is 0. The highest BCUT2D eigenvalue weighted by Crippen LogP contribution is 2.34. The van der Waals surface area contributed by atoms with Gasteiger partial charge in [-0.1, -0.05) is 144 Å². The molecule has 27 heavy (non-hydrogen) atoms. The van der Waals surface area contributed by atoms with Crippen molar-refractivity contribution < 1.29 is 4.80 Å². The lowest BCUT2D eigenvalue weighted by molar-refractivity contribution is 0.480. The molecule has 0 aliphatic carbocycles. The maximum absolute atomic E-state index is 10.9. The van der Waals surface area contributed by atoms with Crippen LogP contribution in [0.5, 0.6) is 0 Å². The Morgan fingerprint density at radius 1 is 0.481 bits per heavy atom. The van der Waals surface area contributed by atoms with Crippen molar-refractivity contribution in [2.75, 3.05) is 0 Å². The third-order valence-corrected chi connectivity index (χ3v) is 11.8. The van der Waals surface area contributed by atoms with E-state index in [1.807, 2.05) is 0 Å². The van der Waals surface area contributed by atoms with E-state index in [1.165, 1.54) is 109 Å². The first-order chi connectivity index (χ1) is 12.9. The van der Waals surface area contributed by atoms with Gasteiger partial charge in [-0.05, 0) is 17.1 Å². The zero-order valence-corrected chi connectivity index (χ0v) is 20.8. The second kappa shape index (κ2) is 18.2. The molecule has 0 heterocycles. The van der Waals surface area contributed by atoms with Gasteiger partial charge in [0.25, 0.3) is 0 Å². The first-order valence-electron chi connectivity index (χ1n) is 12.7. The molecule has 0 amide bonds. The normalized spacial score (nSPS) is 12.4. The molecule has 0 saturated heterocycles. The van der Waals surface area contributed by atoms with Gasteiger partial charge in [0, 0.05) is 0 Å². The van der Waals surface area contributed by atoms with Crippen LogP contribution in [-0.4, -0.2) is 13.1 Å². The molecule has 0 saturated carbocycles. The summed E-state index contributed by atoms with van der Waals surface area (Å²) in [5, 5.41) is 0. The molecule has 0 spiro atoms. The Hall–Kier alpha value is 0.177. The summed E-state index contributed by atoms with van der Waals surface area (Å²) in [6.45, 7) is 11.2. The SMILES string of the molecule is CCCCCCCCCCCCCCCCCCC[Si](O)(C(C)C)C(C)C. The molecule has 0 fully saturated rings. The summed E-state index contributed by atoms with van der Waals surface area (Å²) in [6, 6.07) is 1.11. The van der Waals surface area contributed by atoms with Crippen LogP contribution >= 0.6 is 0 Å². The molecule has 1 N–H and O–H groups in total. The molecule has 0 rings (SSSR count). The van der Waals surface area contributed by atoms with Gasteiger partial charge in [0.05, 0.1) is 0 Å². The van der Waals surface area contributed by atoms with Crippen molar-refractivity contribution in [2.24, 2.45) is 0 Å². The molecule has 0 aliphatic heterocycles. The smallest absolute Gasteiger partial charge is 0.193 e. The predicted molar refractivity (Wildman–Crippen MR) is 127 cm³/mol. The fourth-order valence-corrected chi connectivity index (χ4v) is 7.68. The predicted octanol–water partition coefficient (Wildman–Crippen LogP) is 9.40. The van der Waals surface area contributed by atoms with Crippen LogP contribution in [0.3, 0.4) is 0 Å². The molecule has 0 atom stereocenters. The number of rotatable bonds is 20. The van der Waals surface area contributed by atoms with Gasteiger partial charge in [-0.15, -0.1) is 0 Å². The Morgan fingerprint density at radius 3 is 1.00 bits per heavy atom. The van der Waals surface area contributed by atoms with E-state index < -0.39 is 8.32 Å². The summed E-state index contributed by atoms with van der Waals surface area (Å²) in [5.41, 5.74) is 0.997. The van der Waals surface area contributed by atoms with E-state index in [2.05, 4.69) is 34.6 Å². The minimum absolute atomic E-state index is 0.499. The molecular formula is C25H54OSi. The maximum Gasteiger partial charge on any atom is 0.193 e. The molecular weight excluding hydrogens is 344 g/mol. The van der Waals surface area contributed by atoms with Gasteiger partial charge >= 0.3 is 0 Å². The molecule has 0 unspecified atom stereocenters. The van der Waals surface area contributed by atoms with E-state index in [4.69, 9.17) is 0 Å². The van der Waals surface area contributed by atoms with Gasteiger partial charge in [0.1, 0.15) is 0 Å². The van der Waals surface area contributed by atoms with Gasteiger partial charge in [0.15, 0.2) is 8.32 Å². The van der Waals surface area contributed by atoms with Crippen LogP contribution in [0.2, 0.25) is 17.1 Å².